The minimum Gasteiger partial charge on any atom is -0.383 e. The van der Waals surface area contributed by atoms with E-state index < -0.39 is 0 Å². The molecule has 0 fully saturated rings. The number of halogens is 1. The van der Waals surface area contributed by atoms with E-state index in [2.05, 4.69) is 0 Å². The Balaban J connectivity index is 2.95. The molecule has 0 aliphatic heterocycles. The summed E-state index contributed by atoms with van der Waals surface area (Å²) in [6, 6.07) is 5.41. The molecule has 0 heterocycles. The van der Waals surface area contributed by atoms with Crippen LogP contribution in [-0.4, -0.2) is 46.8 Å². The van der Waals surface area contributed by atoms with Crippen molar-refractivity contribution in [3.8, 4) is 0 Å². The first-order valence-corrected chi connectivity index (χ1v) is 6.09. The van der Waals surface area contributed by atoms with Gasteiger partial charge in [-0.15, -0.1) is 0 Å². The molecular weight excluding hydrogens is 254 g/mol. The number of aldehydes is 1. The molecule has 0 unspecified atom stereocenters. The lowest BCUT2D eigenvalue weighted by molar-refractivity contribution is 0.112. The Morgan fingerprint density at radius 1 is 1.22 bits per heavy atom. The van der Waals surface area contributed by atoms with E-state index in [0.29, 0.717) is 36.9 Å². The summed E-state index contributed by atoms with van der Waals surface area (Å²) in [6.07, 6.45) is 0.782. The van der Waals surface area contributed by atoms with E-state index >= 15 is 0 Å². The normalized spacial score (nSPS) is 10.4. The van der Waals surface area contributed by atoms with Gasteiger partial charge in [0.05, 0.1) is 23.8 Å². The van der Waals surface area contributed by atoms with Gasteiger partial charge in [0.1, 0.15) is 0 Å². The summed E-state index contributed by atoms with van der Waals surface area (Å²) in [6.45, 7) is 2.52. The van der Waals surface area contributed by atoms with Crippen molar-refractivity contribution in [3.05, 3.63) is 28.8 Å². The molecule has 0 aliphatic carbocycles. The molecule has 0 bridgehead atoms. The summed E-state index contributed by atoms with van der Waals surface area (Å²) in [4.78, 5) is 13.2. The van der Waals surface area contributed by atoms with Crippen LogP contribution in [0, 0.1) is 0 Å². The zero-order valence-electron chi connectivity index (χ0n) is 10.7. The first-order chi connectivity index (χ1) is 8.74. The summed E-state index contributed by atoms with van der Waals surface area (Å²) in [5.41, 5.74) is 1.32. The Morgan fingerprint density at radius 3 is 2.33 bits per heavy atom. The molecule has 0 saturated heterocycles. The Hall–Kier alpha value is -1.10. The maximum absolute atomic E-state index is 11.1. The van der Waals surface area contributed by atoms with Crippen molar-refractivity contribution >= 4 is 23.6 Å². The summed E-state index contributed by atoms with van der Waals surface area (Å²) in [7, 11) is 3.29. The van der Waals surface area contributed by atoms with Crippen molar-refractivity contribution in [1.82, 2.24) is 0 Å². The van der Waals surface area contributed by atoms with Crippen molar-refractivity contribution in [3.63, 3.8) is 0 Å². The molecule has 1 aromatic rings. The molecule has 100 valence electrons. The van der Waals surface area contributed by atoms with Gasteiger partial charge in [-0.2, -0.15) is 0 Å². The van der Waals surface area contributed by atoms with E-state index in [4.69, 9.17) is 21.1 Å². The highest BCUT2D eigenvalue weighted by atomic mass is 35.5. The van der Waals surface area contributed by atoms with Crippen molar-refractivity contribution < 1.29 is 14.3 Å². The largest absolute Gasteiger partial charge is 0.383 e. The van der Waals surface area contributed by atoms with Gasteiger partial charge in [-0.1, -0.05) is 17.7 Å². The molecule has 0 spiro atoms. The number of anilines is 1. The van der Waals surface area contributed by atoms with Crippen molar-refractivity contribution in [1.29, 1.82) is 0 Å². The van der Waals surface area contributed by atoms with Gasteiger partial charge in [0.25, 0.3) is 0 Å². The number of benzene rings is 1. The number of carbonyl (C=O) groups excluding carboxylic acids is 1. The third-order valence-electron chi connectivity index (χ3n) is 2.62. The summed E-state index contributed by atoms with van der Waals surface area (Å²) in [5.74, 6) is 0. The summed E-state index contributed by atoms with van der Waals surface area (Å²) in [5, 5.41) is 0.460. The Morgan fingerprint density at radius 2 is 1.83 bits per heavy atom. The van der Waals surface area contributed by atoms with E-state index in [1.165, 1.54) is 0 Å². The van der Waals surface area contributed by atoms with Crippen molar-refractivity contribution in [2.75, 3.05) is 45.4 Å². The topological polar surface area (TPSA) is 38.8 Å². The van der Waals surface area contributed by atoms with Crippen LogP contribution in [0.2, 0.25) is 5.02 Å². The van der Waals surface area contributed by atoms with Crippen LogP contribution in [0.25, 0.3) is 0 Å². The quantitative estimate of drug-likeness (QED) is 0.680. The van der Waals surface area contributed by atoms with E-state index in [-0.39, 0.29) is 0 Å². The third-order valence-corrected chi connectivity index (χ3v) is 2.95. The van der Waals surface area contributed by atoms with Gasteiger partial charge in [-0.05, 0) is 12.1 Å². The maximum Gasteiger partial charge on any atom is 0.153 e. The van der Waals surface area contributed by atoms with Crippen molar-refractivity contribution in [2.24, 2.45) is 0 Å². The van der Waals surface area contributed by atoms with Gasteiger partial charge in [0.15, 0.2) is 6.29 Å². The van der Waals surface area contributed by atoms with Crippen LogP contribution < -0.4 is 4.90 Å². The highest BCUT2D eigenvalue weighted by Gasteiger charge is 2.13. The van der Waals surface area contributed by atoms with Crippen LogP contribution in [0.3, 0.4) is 0 Å². The summed E-state index contributed by atoms with van der Waals surface area (Å²) < 4.78 is 10.1. The second-order valence-electron chi connectivity index (χ2n) is 3.76. The molecule has 4 nitrogen and oxygen atoms in total. The van der Waals surface area contributed by atoms with Crippen LogP contribution in [-0.2, 0) is 9.47 Å². The summed E-state index contributed by atoms with van der Waals surface area (Å²) >= 11 is 6.02. The Kier molecular flexibility index (Phi) is 6.72. The molecule has 18 heavy (non-hydrogen) atoms. The average molecular weight is 272 g/mol. The minimum atomic E-state index is 0.460. The highest BCUT2D eigenvalue weighted by Crippen LogP contribution is 2.25. The first-order valence-electron chi connectivity index (χ1n) is 5.71. The fourth-order valence-electron chi connectivity index (χ4n) is 1.67. The predicted molar refractivity (Wildman–Crippen MR) is 72.8 cm³/mol. The Bertz CT molecular complexity index is 376. The van der Waals surface area contributed by atoms with Gasteiger partial charge < -0.3 is 14.4 Å². The SMILES string of the molecule is COCCN(CCOC)c1cccc(Cl)c1C=O. The fraction of sp³-hybridized carbons (Fsp3) is 0.462. The lowest BCUT2D eigenvalue weighted by atomic mass is 10.1. The van der Waals surface area contributed by atoms with E-state index in [1.54, 1.807) is 20.3 Å². The van der Waals surface area contributed by atoms with Gasteiger partial charge in [0, 0.05) is 33.0 Å². The molecule has 0 atom stereocenters. The molecule has 5 heteroatoms. The first kappa shape index (κ1) is 15.0. The molecule has 0 radical (unpaired) electrons. The fourth-order valence-corrected chi connectivity index (χ4v) is 1.89. The van der Waals surface area contributed by atoms with E-state index in [9.17, 15) is 4.79 Å². The van der Waals surface area contributed by atoms with Crippen LogP contribution in [0.4, 0.5) is 5.69 Å². The number of methoxy groups -OCH3 is 2. The maximum atomic E-state index is 11.1. The minimum absolute atomic E-state index is 0.460. The number of hydrogen-bond donors (Lipinski definition) is 0. The smallest absolute Gasteiger partial charge is 0.153 e. The average Bonchev–Trinajstić information content (AvgIpc) is 2.39. The van der Waals surface area contributed by atoms with Crippen molar-refractivity contribution in [2.45, 2.75) is 0 Å². The second-order valence-corrected chi connectivity index (χ2v) is 4.17. The molecule has 1 aromatic carbocycles. The van der Waals surface area contributed by atoms with Crippen LogP contribution in [0.1, 0.15) is 10.4 Å². The number of nitrogens with zero attached hydrogens (tertiary/aromatic N) is 1. The third kappa shape index (κ3) is 3.98. The monoisotopic (exact) mass is 271 g/mol. The van der Waals surface area contributed by atoms with Gasteiger partial charge in [-0.3, -0.25) is 4.79 Å². The van der Waals surface area contributed by atoms with Gasteiger partial charge in [0.2, 0.25) is 0 Å². The zero-order valence-corrected chi connectivity index (χ0v) is 11.4. The molecule has 1 rings (SSSR count). The highest BCUT2D eigenvalue weighted by molar-refractivity contribution is 6.33. The number of hydrogen-bond acceptors (Lipinski definition) is 4. The second kappa shape index (κ2) is 8.08. The molecule has 0 aliphatic rings. The van der Waals surface area contributed by atoms with Gasteiger partial charge in [-0.25, -0.2) is 0 Å². The molecule has 0 aromatic heterocycles. The van der Waals surface area contributed by atoms with E-state index in [1.807, 2.05) is 17.0 Å². The van der Waals surface area contributed by atoms with Crippen LogP contribution >= 0.6 is 11.6 Å². The lowest BCUT2D eigenvalue weighted by Gasteiger charge is -2.25. The number of rotatable bonds is 8. The molecule has 0 N–H and O–H groups in total. The molecular formula is C13H18ClNO3. The lowest BCUT2D eigenvalue weighted by Crippen LogP contribution is -2.31. The van der Waals surface area contributed by atoms with E-state index in [0.717, 1.165) is 12.0 Å². The Labute approximate surface area is 112 Å². The molecule has 0 amide bonds. The molecule has 0 saturated carbocycles. The number of ether oxygens (including phenoxy) is 2. The standard InChI is InChI=1S/C13H18ClNO3/c1-17-8-6-15(7-9-18-2)13-5-3-4-12(14)11(13)10-16/h3-5,10H,6-9H2,1-2H3. The van der Waals surface area contributed by atoms with Crippen LogP contribution in [0.15, 0.2) is 18.2 Å². The zero-order chi connectivity index (χ0) is 13.4. The van der Waals surface area contributed by atoms with Gasteiger partial charge >= 0.3 is 0 Å². The number of carbonyl (C=O) groups is 1. The van der Waals surface area contributed by atoms with Crippen LogP contribution in [0.5, 0.6) is 0 Å². The predicted octanol–water partition coefficient (Wildman–Crippen LogP) is 2.25.